The van der Waals surface area contributed by atoms with Gasteiger partial charge in [0.15, 0.2) is 23.4 Å². The Bertz CT molecular complexity index is 849. The maximum atomic E-state index is 12.8. The van der Waals surface area contributed by atoms with E-state index in [0.717, 1.165) is 47.5 Å². The molecule has 5 nitrogen and oxygen atoms in total. The summed E-state index contributed by atoms with van der Waals surface area (Å²) in [5.41, 5.74) is 0.492. The molecule has 2 N–H and O–H groups in total. The van der Waals surface area contributed by atoms with E-state index in [0.29, 0.717) is 18.6 Å². The van der Waals surface area contributed by atoms with Crippen LogP contribution in [0.5, 0.6) is 11.5 Å². The van der Waals surface area contributed by atoms with Gasteiger partial charge in [-0.1, -0.05) is 6.07 Å². The van der Waals surface area contributed by atoms with E-state index in [-0.39, 0.29) is 25.0 Å². The molecule has 5 heteroatoms. The van der Waals surface area contributed by atoms with Gasteiger partial charge >= 0.3 is 0 Å². The first-order chi connectivity index (χ1) is 12.4. The summed E-state index contributed by atoms with van der Waals surface area (Å²) in [4.78, 5) is 12.8. The third kappa shape index (κ3) is 1.85. The lowest BCUT2D eigenvalue weighted by atomic mass is 9.48. The fourth-order valence-corrected chi connectivity index (χ4v) is 6.94. The molecule has 2 aliphatic heterocycles. The van der Waals surface area contributed by atoms with Crippen molar-refractivity contribution < 1.29 is 24.2 Å². The normalized spacial score (nSPS) is 43.6. The van der Waals surface area contributed by atoms with Crippen LogP contribution in [-0.2, 0) is 16.6 Å². The van der Waals surface area contributed by atoms with Gasteiger partial charge in [-0.25, -0.2) is 0 Å². The number of ether oxygens (including phenoxy) is 1. The van der Waals surface area contributed by atoms with Crippen LogP contribution in [0.3, 0.4) is 0 Å². The average molecular weight is 371 g/mol. The Labute approximate surface area is 160 Å². The number of carbonyl (C=O) groups is 1. The first-order valence-corrected chi connectivity index (χ1v) is 10.0. The number of benzene rings is 1. The lowest BCUT2D eigenvalue weighted by Crippen LogP contribution is -2.80. The number of aromatic hydroxyl groups is 1. The third-order valence-corrected chi connectivity index (χ3v) is 8.28. The van der Waals surface area contributed by atoms with Crippen molar-refractivity contribution in [3.8, 4) is 11.5 Å². The molecule has 1 spiro atoms. The zero-order valence-corrected chi connectivity index (χ0v) is 16.2. The van der Waals surface area contributed by atoms with Gasteiger partial charge < -0.3 is 26.9 Å². The van der Waals surface area contributed by atoms with Crippen LogP contribution in [0, 0.1) is 13.3 Å². The number of piperidine rings is 1. The third-order valence-electron chi connectivity index (χ3n) is 8.28. The summed E-state index contributed by atoms with van der Waals surface area (Å²) in [7, 11) is 2.31. The molecule has 2 bridgehead atoms. The number of phenolic OH excluding ortho intramolecular Hbond substituents is 1. The predicted octanol–water partition coefficient (Wildman–Crippen LogP) is 2.12. The van der Waals surface area contributed by atoms with Crippen molar-refractivity contribution in [2.75, 3.05) is 20.1 Å². The van der Waals surface area contributed by atoms with Gasteiger partial charge in [-0.2, -0.15) is 0 Å². The SMILES string of the molecule is C[N@@+]1(CC2CC2)CC[C@]23c4c5ccc(O)c4OC2C(=O)CCC3(O)C1C5.[CH3-]. The molecule has 2 saturated carbocycles. The van der Waals surface area contributed by atoms with Crippen molar-refractivity contribution in [1.82, 2.24) is 0 Å². The van der Waals surface area contributed by atoms with Crippen LogP contribution in [0.1, 0.15) is 43.2 Å². The Morgan fingerprint density at radius 2 is 2.07 bits per heavy atom. The maximum Gasteiger partial charge on any atom is 0.174 e. The number of hydrogen-bond acceptors (Lipinski definition) is 4. The summed E-state index contributed by atoms with van der Waals surface area (Å²) in [6.07, 6.45) is 4.42. The van der Waals surface area contributed by atoms with E-state index in [1.165, 1.54) is 12.8 Å². The number of quaternary nitrogens is 1. The van der Waals surface area contributed by atoms with E-state index in [9.17, 15) is 15.0 Å². The number of likely N-dealkylation sites (N-methyl/N-ethyl adjacent to an activating group) is 1. The first kappa shape index (κ1) is 17.5. The summed E-state index contributed by atoms with van der Waals surface area (Å²) in [6.45, 7) is 2.09. The highest BCUT2D eigenvalue weighted by atomic mass is 16.5. The van der Waals surface area contributed by atoms with Gasteiger partial charge in [-0.05, 0) is 30.9 Å². The van der Waals surface area contributed by atoms with Crippen LogP contribution in [0.2, 0.25) is 0 Å². The minimum Gasteiger partial charge on any atom is -0.504 e. The number of aliphatic hydroxyl groups is 1. The number of likely N-dealkylation sites (tertiary alicyclic amines) is 1. The molecular weight excluding hydrogens is 342 g/mol. The van der Waals surface area contributed by atoms with Crippen molar-refractivity contribution in [2.24, 2.45) is 5.92 Å². The van der Waals surface area contributed by atoms with Gasteiger partial charge in [-0.15, -0.1) is 0 Å². The lowest BCUT2D eigenvalue weighted by Gasteiger charge is -2.64. The van der Waals surface area contributed by atoms with Crippen LogP contribution < -0.4 is 4.74 Å². The minimum atomic E-state index is -0.931. The van der Waals surface area contributed by atoms with E-state index in [4.69, 9.17) is 4.74 Å². The number of hydrogen-bond donors (Lipinski definition) is 2. The molecule has 1 aromatic rings. The van der Waals surface area contributed by atoms with E-state index in [2.05, 4.69) is 7.05 Å². The molecule has 27 heavy (non-hydrogen) atoms. The van der Waals surface area contributed by atoms with E-state index in [1.807, 2.05) is 6.07 Å². The standard InChI is InChI=1S/C21H25NO4.CH3/c1-22(11-12-2-3-12)9-8-20-17-13-4-5-14(23)18(17)26-19(20)15(24)6-7-21(20,25)16(22)10-13;/h4-5,12,16,19,25H,2-3,6-11H2,1H3;1H3/q;-1/p+1/t16?,19?,20-,21?,22-;/m0./s1. The molecule has 3 aliphatic carbocycles. The van der Waals surface area contributed by atoms with Crippen LogP contribution in [0.25, 0.3) is 0 Å². The number of carbonyl (C=O) groups excluding carboxylic acids is 1. The fourth-order valence-electron chi connectivity index (χ4n) is 6.94. The highest BCUT2D eigenvalue weighted by Gasteiger charge is 2.76. The lowest BCUT2D eigenvalue weighted by molar-refractivity contribution is -0.950. The number of ketones is 1. The molecule has 6 rings (SSSR count). The molecule has 1 saturated heterocycles. The van der Waals surface area contributed by atoms with E-state index in [1.54, 1.807) is 6.07 Å². The van der Waals surface area contributed by atoms with Crippen LogP contribution >= 0.6 is 0 Å². The number of Topliss-reactive ketones (excluding diaryl/α,β-unsaturated/α-hetero) is 1. The van der Waals surface area contributed by atoms with Crippen LogP contribution in [0.4, 0.5) is 0 Å². The Hall–Kier alpha value is -1.59. The smallest absolute Gasteiger partial charge is 0.174 e. The van der Waals surface area contributed by atoms with Crippen LogP contribution in [0.15, 0.2) is 12.1 Å². The summed E-state index contributed by atoms with van der Waals surface area (Å²) in [6, 6.07) is 3.77. The molecule has 3 fully saturated rings. The van der Waals surface area contributed by atoms with Gasteiger partial charge in [0.05, 0.1) is 25.6 Å². The second-order valence-electron chi connectivity index (χ2n) is 9.61. The van der Waals surface area contributed by atoms with Crippen molar-refractivity contribution in [3.05, 3.63) is 30.7 Å². The summed E-state index contributed by atoms with van der Waals surface area (Å²) >= 11 is 0. The highest BCUT2D eigenvalue weighted by Crippen LogP contribution is 2.65. The van der Waals surface area contributed by atoms with E-state index < -0.39 is 17.1 Å². The minimum absolute atomic E-state index is 0. The van der Waals surface area contributed by atoms with Crippen molar-refractivity contribution in [1.29, 1.82) is 0 Å². The predicted molar refractivity (Wildman–Crippen MR) is 101 cm³/mol. The Kier molecular flexibility index (Phi) is 3.28. The molecular formula is C22H29NO4. The molecule has 0 aromatic heterocycles. The molecule has 2 heterocycles. The summed E-state index contributed by atoms with van der Waals surface area (Å²) < 4.78 is 6.98. The van der Waals surface area contributed by atoms with Crippen molar-refractivity contribution in [3.63, 3.8) is 0 Å². The first-order valence-electron chi connectivity index (χ1n) is 10.0. The van der Waals surface area contributed by atoms with Gasteiger partial charge in [-0.3, -0.25) is 4.79 Å². The number of nitrogens with zero attached hydrogens (tertiary/aromatic N) is 1. The topological polar surface area (TPSA) is 66.8 Å². The van der Waals surface area contributed by atoms with E-state index >= 15 is 0 Å². The number of phenols is 1. The monoisotopic (exact) mass is 371 g/mol. The quantitative estimate of drug-likeness (QED) is 0.617. The maximum absolute atomic E-state index is 12.8. The Morgan fingerprint density at radius 1 is 1.30 bits per heavy atom. The summed E-state index contributed by atoms with van der Waals surface area (Å²) in [5.74, 6) is 1.42. The molecule has 5 atom stereocenters. The Morgan fingerprint density at radius 3 is 2.81 bits per heavy atom. The molecule has 146 valence electrons. The average Bonchev–Trinajstić information content (AvgIpc) is 3.32. The molecule has 0 amide bonds. The van der Waals surface area contributed by atoms with Crippen molar-refractivity contribution >= 4 is 5.78 Å². The largest absolute Gasteiger partial charge is 0.504 e. The van der Waals surface area contributed by atoms with Crippen LogP contribution in [-0.4, -0.2) is 58.4 Å². The number of rotatable bonds is 2. The molecule has 1 aromatic carbocycles. The van der Waals surface area contributed by atoms with Gasteiger partial charge in [0.25, 0.3) is 0 Å². The molecule has 0 radical (unpaired) electrons. The second-order valence-corrected chi connectivity index (χ2v) is 9.61. The van der Waals surface area contributed by atoms with Gasteiger partial charge in [0.1, 0.15) is 11.6 Å². The highest BCUT2D eigenvalue weighted by molar-refractivity contribution is 5.90. The molecule has 5 aliphatic rings. The fraction of sp³-hybridized carbons (Fsp3) is 0.636. The second kappa shape index (κ2) is 5.06. The molecule has 3 unspecified atom stereocenters. The zero-order chi connectivity index (χ0) is 17.9. The zero-order valence-electron chi connectivity index (χ0n) is 16.2. The van der Waals surface area contributed by atoms with Crippen molar-refractivity contribution in [2.45, 2.75) is 61.7 Å². The van der Waals surface area contributed by atoms with Gasteiger partial charge in [0, 0.05) is 30.7 Å². The Balaban J connectivity index is 0.00000160. The van der Waals surface area contributed by atoms with Gasteiger partial charge in [0.2, 0.25) is 0 Å². The summed E-state index contributed by atoms with van der Waals surface area (Å²) in [5, 5.41) is 22.5.